The maximum Gasteiger partial charge on any atom is 0.184 e. The van der Waals surface area contributed by atoms with Crippen LogP contribution in [0.4, 0.5) is 0 Å². The summed E-state index contributed by atoms with van der Waals surface area (Å²) in [5.41, 5.74) is 6.97. The first kappa shape index (κ1) is 12.7. The fourth-order valence-electron chi connectivity index (χ4n) is 2.68. The Morgan fingerprint density at radius 1 is 1.38 bits per heavy atom. The number of thiazole rings is 1. The summed E-state index contributed by atoms with van der Waals surface area (Å²) in [4.78, 5) is 7.61. The van der Waals surface area contributed by atoms with Gasteiger partial charge in [0.1, 0.15) is 5.52 Å². The van der Waals surface area contributed by atoms with Gasteiger partial charge < -0.3 is 4.98 Å². The molecule has 0 aliphatic heterocycles. The van der Waals surface area contributed by atoms with E-state index in [1.54, 1.807) is 11.3 Å². The molecule has 4 aromatic rings. The molecule has 0 spiro atoms. The van der Waals surface area contributed by atoms with Crippen LogP contribution < -0.4 is 0 Å². The van der Waals surface area contributed by atoms with Crippen LogP contribution in [0.2, 0.25) is 0 Å². The molecule has 5 nitrogen and oxygen atoms in total. The SMILES string of the molecule is CCc1nn(C)c2c1[nH]c(=S)n2-c1ccc2ncsc2c1. The second kappa shape index (κ2) is 4.51. The fraction of sp³-hybridized carbons (Fsp3) is 0.214. The zero-order valence-electron chi connectivity index (χ0n) is 11.6. The van der Waals surface area contributed by atoms with Gasteiger partial charge in [-0.05, 0) is 36.8 Å². The van der Waals surface area contributed by atoms with E-state index in [4.69, 9.17) is 12.2 Å². The van der Waals surface area contributed by atoms with Crippen LogP contribution in [0.5, 0.6) is 0 Å². The van der Waals surface area contributed by atoms with E-state index in [-0.39, 0.29) is 0 Å². The predicted octanol–water partition coefficient (Wildman–Crippen LogP) is 3.59. The Morgan fingerprint density at radius 2 is 2.24 bits per heavy atom. The molecule has 1 aromatic carbocycles. The Labute approximate surface area is 129 Å². The smallest absolute Gasteiger partial charge is 0.184 e. The highest BCUT2D eigenvalue weighted by molar-refractivity contribution is 7.71. The van der Waals surface area contributed by atoms with E-state index in [2.05, 4.69) is 28.1 Å². The molecule has 0 aliphatic carbocycles. The number of imidazole rings is 1. The van der Waals surface area contributed by atoms with Gasteiger partial charge >= 0.3 is 0 Å². The molecule has 0 unspecified atom stereocenters. The van der Waals surface area contributed by atoms with Gasteiger partial charge in [0.05, 0.1) is 27.1 Å². The summed E-state index contributed by atoms with van der Waals surface area (Å²) in [6.07, 6.45) is 0.876. The maximum atomic E-state index is 5.51. The van der Waals surface area contributed by atoms with Crippen molar-refractivity contribution in [3.63, 3.8) is 0 Å². The highest BCUT2D eigenvalue weighted by Gasteiger charge is 2.15. The van der Waals surface area contributed by atoms with Gasteiger partial charge in [-0.1, -0.05) is 6.92 Å². The van der Waals surface area contributed by atoms with Gasteiger partial charge in [-0.15, -0.1) is 11.3 Å². The van der Waals surface area contributed by atoms with Crippen molar-refractivity contribution in [1.82, 2.24) is 24.3 Å². The summed E-state index contributed by atoms with van der Waals surface area (Å²) in [5.74, 6) is 0. The van der Waals surface area contributed by atoms with Crippen LogP contribution in [0.15, 0.2) is 23.7 Å². The molecule has 0 saturated carbocycles. The van der Waals surface area contributed by atoms with Crippen LogP contribution in [0.1, 0.15) is 12.6 Å². The van der Waals surface area contributed by atoms with Gasteiger partial charge in [-0.25, -0.2) is 9.67 Å². The molecule has 3 heterocycles. The lowest BCUT2D eigenvalue weighted by atomic mass is 10.3. The Bertz CT molecular complexity index is 1020. The molecule has 7 heteroatoms. The first-order valence-electron chi connectivity index (χ1n) is 6.69. The third kappa shape index (κ3) is 1.77. The normalized spacial score (nSPS) is 11.7. The monoisotopic (exact) mass is 315 g/mol. The molecule has 1 N–H and O–H groups in total. The summed E-state index contributed by atoms with van der Waals surface area (Å²) in [6.45, 7) is 2.10. The standard InChI is InChI=1S/C14H13N5S2/c1-3-9-12-13(18(2)17-9)19(14(20)16-12)8-4-5-10-11(6-8)21-7-15-10/h4-7H,3H2,1-2H3,(H,16,20). The second-order valence-electron chi connectivity index (χ2n) is 4.89. The van der Waals surface area contributed by atoms with Crippen LogP contribution in [0.3, 0.4) is 0 Å². The van der Waals surface area contributed by atoms with Crippen LogP contribution >= 0.6 is 23.6 Å². The van der Waals surface area contributed by atoms with E-state index >= 15 is 0 Å². The zero-order valence-corrected chi connectivity index (χ0v) is 13.3. The lowest BCUT2D eigenvalue weighted by Crippen LogP contribution is -2.00. The molecule has 3 aromatic heterocycles. The zero-order chi connectivity index (χ0) is 14.6. The van der Waals surface area contributed by atoms with Crippen molar-refractivity contribution in [2.24, 2.45) is 7.05 Å². The molecule has 0 fully saturated rings. The average molecular weight is 315 g/mol. The Kier molecular flexibility index (Phi) is 2.73. The Hall–Kier alpha value is -1.99. The minimum Gasteiger partial charge on any atom is -0.327 e. The molecule has 4 rings (SSSR count). The number of benzene rings is 1. The number of hydrogen-bond donors (Lipinski definition) is 1. The van der Waals surface area contributed by atoms with Crippen molar-refractivity contribution in [3.8, 4) is 5.69 Å². The molecule has 0 saturated heterocycles. The molecule has 0 aliphatic rings. The lowest BCUT2D eigenvalue weighted by molar-refractivity contribution is 0.748. The van der Waals surface area contributed by atoms with Gasteiger partial charge in [0.25, 0.3) is 0 Å². The molecule has 21 heavy (non-hydrogen) atoms. The first-order chi connectivity index (χ1) is 10.2. The minimum absolute atomic E-state index is 0.691. The fourth-order valence-corrected chi connectivity index (χ4v) is 3.69. The van der Waals surface area contributed by atoms with Crippen LogP contribution in [-0.4, -0.2) is 24.3 Å². The number of aromatic amines is 1. The van der Waals surface area contributed by atoms with Gasteiger partial charge in [-0.3, -0.25) is 4.57 Å². The lowest BCUT2D eigenvalue weighted by Gasteiger charge is -2.04. The van der Waals surface area contributed by atoms with E-state index < -0.39 is 0 Å². The minimum atomic E-state index is 0.691. The topological polar surface area (TPSA) is 51.4 Å². The number of fused-ring (bicyclic) bond motifs is 2. The number of hydrogen-bond acceptors (Lipinski definition) is 4. The molecule has 0 bridgehead atoms. The van der Waals surface area contributed by atoms with Gasteiger partial charge in [0.15, 0.2) is 10.4 Å². The molecule has 0 radical (unpaired) electrons. The van der Waals surface area contributed by atoms with E-state index in [1.807, 2.05) is 33.9 Å². The molecular formula is C14H13N5S2. The second-order valence-corrected chi connectivity index (χ2v) is 6.17. The van der Waals surface area contributed by atoms with E-state index in [1.165, 1.54) is 0 Å². The van der Waals surface area contributed by atoms with Crippen molar-refractivity contribution in [2.75, 3.05) is 0 Å². The number of aromatic nitrogens is 5. The first-order valence-corrected chi connectivity index (χ1v) is 7.98. The average Bonchev–Trinajstić information content (AvgIpc) is 3.13. The van der Waals surface area contributed by atoms with Crippen molar-refractivity contribution < 1.29 is 0 Å². The van der Waals surface area contributed by atoms with Crippen molar-refractivity contribution in [2.45, 2.75) is 13.3 Å². The summed E-state index contributed by atoms with van der Waals surface area (Å²) < 4.78 is 5.77. The predicted molar refractivity (Wildman–Crippen MR) is 87.8 cm³/mol. The summed E-state index contributed by atoms with van der Waals surface area (Å²) >= 11 is 7.14. The van der Waals surface area contributed by atoms with E-state index in [0.29, 0.717) is 4.77 Å². The van der Waals surface area contributed by atoms with Crippen LogP contribution in [0.25, 0.3) is 27.1 Å². The number of H-pyrrole nitrogens is 1. The van der Waals surface area contributed by atoms with E-state index in [9.17, 15) is 0 Å². The number of nitrogens with zero attached hydrogens (tertiary/aromatic N) is 4. The van der Waals surface area contributed by atoms with E-state index in [0.717, 1.165) is 39.2 Å². The third-order valence-corrected chi connectivity index (χ3v) is 4.72. The quantitative estimate of drug-likeness (QED) is 0.575. The molecule has 0 amide bonds. The molecule has 106 valence electrons. The van der Waals surface area contributed by atoms with Gasteiger partial charge in [0.2, 0.25) is 0 Å². The molecule has 0 atom stereocenters. The van der Waals surface area contributed by atoms with Crippen molar-refractivity contribution in [1.29, 1.82) is 0 Å². The van der Waals surface area contributed by atoms with Crippen molar-refractivity contribution >= 4 is 44.9 Å². The largest absolute Gasteiger partial charge is 0.327 e. The summed E-state index contributed by atoms with van der Waals surface area (Å²) in [7, 11) is 1.95. The Morgan fingerprint density at radius 3 is 3.05 bits per heavy atom. The summed E-state index contributed by atoms with van der Waals surface area (Å²) in [5, 5.41) is 4.56. The van der Waals surface area contributed by atoms with Crippen molar-refractivity contribution in [3.05, 3.63) is 34.2 Å². The maximum absolute atomic E-state index is 5.51. The Balaban J connectivity index is 2.07. The van der Waals surface area contributed by atoms with Gasteiger partial charge in [-0.2, -0.15) is 5.10 Å². The highest BCUT2D eigenvalue weighted by atomic mass is 32.1. The molecular weight excluding hydrogens is 302 g/mol. The van der Waals surface area contributed by atoms with Crippen LogP contribution in [0, 0.1) is 4.77 Å². The third-order valence-electron chi connectivity index (χ3n) is 3.64. The summed E-state index contributed by atoms with van der Waals surface area (Å²) in [6, 6.07) is 6.19. The highest BCUT2D eigenvalue weighted by Crippen LogP contribution is 2.26. The van der Waals surface area contributed by atoms with Crippen LogP contribution in [-0.2, 0) is 13.5 Å². The number of rotatable bonds is 2. The van der Waals surface area contributed by atoms with Gasteiger partial charge in [0, 0.05) is 7.05 Å². The number of aryl methyl sites for hydroxylation is 2. The number of nitrogens with one attached hydrogen (secondary N) is 1.